The molecule has 1 saturated heterocycles. The zero-order valence-electron chi connectivity index (χ0n) is 14.6. The van der Waals surface area contributed by atoms with Crippen LogP contribution in [0.4, 0.5) is 0 Å². The first kappa shape index (κ1) is 17.3. The molecule has 2 heteroatoms. The van der Waals surface area contributed by atoms with Crippen LogP contribution >= 0.6 is 0 Å². The fourth-order valence-electron chi connectivity index (χ4n) is 4.57. The van der Waals surface area contributed by atoms with Crippen LogP contribution in [0.3, 0.4) is 0 Å². The van der Waals surface area contributed by atoms with E-state index in [4.69, 9.17) is 0 Å². The van der Waals surface area contributed by atoms with Crippen LogP contribution in [0.1, 0.15) is 72.1 Å². The van der Waals surface area contributed by atoms with Crippen molar-refractivity contribution in [3.63, 3.8) is 0 Å². The van der Waals surface area contributed by atoms with Gasteiger partial charge in [0.05, 0.1) is 6.10 Å². The highest BCUT2D eigenvalue weighted by atomic mass is 16.3. The summed E-state index contributed by atoms with van der Waals surface area (Å²) in [7, 11) is 0. The lowest BCUT2D eigenvalue weighted by atomic mass is 9.77. The van der Waals surface area contributed by atoms with Crippen molar-refractivity contribution in [1.29, 1.82) is 0 Å². The molecule has 4 unspecified atom stereocenters. The summed E-state index contributed by atoms with van der Waals surface area (Å²) in [6, 6.07) is 0. The van der Waals surface area contributed by atoms with Crippen LogP contribution in [0.2, 0.25) is 0 Å². The Bertz CT molecular complexity index is 291. The second-order valence-corrected chi connectivity index (χ2v) is 8.03. The summed E-state index contributed by atoms with van der Waals surface area (Å²) in [6.45, 7) is 10.7. The van der Waals surface area contributed by atoms with Crippen molar-refractivity contribution in [3.05, 3.63) is 0 Å². The zero-order chi connectivity index (χ0) is 15.2. The molecule has 2 aliphatic rings. The molecule has 2 fully saturated rings. The third kappa shape index (κ3) is 5.25. The Morgan fingerprint density at radius 2 is 1.90 bits per heavy atom. The number of aliphatic hydroxyl groups excluding tert-OH is 1. The molecule has 21 heavy (non-hydrogen) atoms. The maximum atomic E-state index is 10.4. The Kier molecular flexibility index (Phi) is 7.01. The molecule has 1 aliphatic heterocycles. The fourth-order valence-corrected chi connectivity index (χ4v) is 4.57. The van der Waals surface area contributed by atoms with Gasteiger partial charge in [0.1, 0.15) is 0 Å². The lowest BCUT2D eigenvalue weighted by Gasteiger charge is -2.36. The molecule has 1 aliphatic carbocycles. The third-order valence-electron chi connectivity index (χ3n) is 6.05. The largest absolute Gasteiger partial charge is 0.393 e. The topological polar surface area (TPSA) is 23.5 Å². The second-order valence-electron chi connectivity index (χ2n) is 8.03. The molecule has 0 aromatic rings. The van der Waals surface area contributed by atoms with E-state index in [9.17, 15) is 5.11 Å². The minimum absolute atomic E-state index is 0.0396. The van der Waals surface area contributed by atoms with Crippen LogP contribution in [-0.2, 0) is 0 Å². The molecule has 1 N–H and O–H groups in total. The van der Waals surface area contributed by atoms with Crippen LogP contribution in [0.5, 0.6) is 0 Å². The molecule has 4 atom stereocenters. The number of likely N-dealkylation sites (tertiary alicyclic amines) is 1. The molecule has 0 spiro atoms. The van der Waals surface area contributed by atoms with E-state index in [0.29, 0.717) is 5.92 Å². The molecule has 1 heterocycles. The Morgan fingerprint density at radius 3 is 2.62 bits per heavy atom. The van der Waals surface area contributed by atoms with Crippen molar-refractivity contribution in [2.75, 3.05) is 19.6 Å². The summed E-state index contributed by atoms with van der Waals surface area (Å²) >= 11 is 0. The average Bonchev–Trinajstić information content (AvgIpc) is 2.68. The van der Waals surface area contributed by atoms with Gasteiger partial charge in [-0.3, -0.25) is 0 Å². The third-order valence-corrected chi connectivity index (χ3v) is 6.05. The van der Waals surface area contributed by atoms with Gasteiger partial charge in [0, 0.05) is 6.54 Å². The summed E-state index contributed by atoms with van der Waals surface area (Å²) in [5.74, 6) is 3.16. The van der Waals surface area contributed by atoms with Gasteiger partial charge >= 0.3 is 0 Å². The summed E-state index contributed by atoms with van der Waals surface area (Å²) in [5, 5.41) is 10.4. The molecule has 2 rings (SSSR count). The summed E-state index contributed by atoms with van der Waals surface area (Å²) in [6.07, 6.45) is 10.3. The van der Waals surface area contributed by atoms with E-state index < -0.39 is 0 Å². The van der Waals surface area contributed by atoms with Crippen molar-refractivity contribution >= 4 is 0 Å². The van der Waals surface area contributed by atoms with Crippen LogP contribution in [-0.4, -0.2) is 35.7 Å². The van der Waals surface area contributed by atoms with E-state index in [-0.39, 0.29) is 6.10 Å². The van der Waals surface area contributed by atoms with Crippen molar-refractivity contribution in [3.8, 4) is 0 Å². The lowest BCUT2D eigenvalue weighted by molar-refractivity contribution is 0.0260. The van der Waals surface area contributed by atoms with Crippen LogP contribution < -0.4 is 0 Å². The van der Waals surface area contributed by atoms with E-state index in [0.717, 1.165) is 30.7 Å². The molecule has 0 radical (unpaired) electrons. The highest BCUT2D eigenvalue weighted by molar-refractivity contribution is 4.83. The van der Waals surface area contributed by atoms with E-state index in [1.54, 1.807) is 0 Å². The Balaban J connectivity index is 1.82. The Labute approximate surface area is 132 Å². The first-order valence-corrected chi connectivity index (χ1v) is 9.50. The smallest absolute Gasteiger partial charge is 0.0580 e. The number of hydrogen-bond acceptors (Lipinski definition) is 2. The zero-order valence-corrected chi connectivity index (χ0v) is 14.6. The predicted octanol–water partition coefficient (Wildman–Crippen LogP) is 4.32. The normalized spacial score (nSPS) is 35.9. The van der Waals surface area contributed by atoms with E-state index >= 15 is 0 Å². The van der Waals surface area contributed by atoms with Gasteiger partial charge in [0.15, 0.2) is 0 Å². The highest BCUT2D eigenvalue weighted by Gasteiger charge is 2.30. The van der Waals surface area contributed by atoms with Gasteiger partial charge in [0.2, 0.25) is 0 Å². The number of hydrogen-bond donors (Lipinski definition) is 1. The standard InChI is InChI=1S/C19H37NO/c1-4-6-16-8-9-19(21)18(13-16)14-20-11-5-7-17(10-12-20)15(2)3/h15-19,21H,4-14H2,1-3H3. The van der Waals surface area contributed by atoms with Gasteiger partial charge in [0.25, 0.3) is 0 Å². The summed E-state index contributed by atoms with van der Waals surface area (Å²) < 4.78 is 0. The molecule has 0 bridgehead atoms. The molecular formula is C19H37NO. The molecular weight excluding hydrogens is 258 g/mol. The van der Waals surface area contributed by atoms with E-state index in [1.165, 1.54) is 58.0 Å². The van der Waals surface area contributed by atoms with Gasteiger partial charge in [-0.1, -0.05) is 33.6 Å². The monoisotopic (exact) mass is 295 g/mol. The van der Waals surface area contributed by atoms with Crippen molar-refractivity contribution < 1.29 is 5.11 Å². The van der Waals surface area contributed by atoms with Gasteiger partial charge < -0.3 is 10.0 Å². The molecule has 124 valence electrons. The first-order chi connectivity index (χ1) is 10.1. The van der Waals surface area contributed by atoms with E-state index in [2.05, 4.69) is 25.7 Å². The SMILES string of the molecule is CCCC1CCC(O)C(CN2CCCC(C(C)C)CC2)C1. The quantitative estimate of drug-likeness (QED) is 0.816. The number of nitrogens with zero attached hydrogens (tertiary/aromatic N) is 1. The van der Waals surface area contributed by atoms with Gasteiger partial charge in [-0.2, -0.15) is 0 Å². The van der Waals surface area contributed by atoms with Crippen molar-refractivity contribution in [2.45, 2.75) is 78.2 Å². The molecule has 0 aromatic carbocycles. The second kappa shape index (κ2) is 8.53. The molecule has 0 aromatic heterocycles. The molecule has 0 amide bonds. The fraction of sp³-hybridized carbons (Fsp3) is 1.00. The Morgan fingerprint density at radius 1 is 1.10 bits per heavy atom. The molecule has 1 saturated carbocycles. The Hall–Kier alpha value is -0.0800. The minimum Gasteiger partial charge on any atom is -0.393 e. The maximum absolute atomic E-state index is 10.4. The van der Waals surface area contributed by atoms with Crippen molar-refractivity contribution in [2.24, 2.45) is 23.7 Å². The summed E-state index contributed by atoms with van der Waals surface area (Å²) in [4.78, 5) is 2.66. The maximum Gasteiger partial charge on any atom is 0.0580 e. The van der Waals surface area contributed by atoms with Crippen LogP contribution in [0, 0.1) is 23.7 Å². The lowest BCUT2D eigenvalue weighted by Crippen LogP contribution is -2.39. The van der Waals surface area contributed by atoms with Gasteiger partial charge in [-0.05, 0) is 75.3 Å². The van der Waals surface area contributed by atoms with Gasteiger partial charge in [-0.15, -0.1) is 0 Å². The highest BCUT2D eigenvalue weighted by Crippen LogP contribution is 2.33. The minimum atomic E-state index is -0.0396. The van der Waals surface area contributed by atoms with Gasteiger partial charge in [-0.25, -0.2) is 0 Å². The van der Waals surface area contributed by atoms with Crippen LogP contribution in [0.15, 0.2) is 0 Å². The first-order valence-electron chi connectivity index (χ1n) is 9.50. The number of aliphatic hydroxyl groups is 1. The van der Waals surface area contributed by atoms with Crippen molar-refractivity contribution in [1.82, 2.24) is 4.90 Å². The summed E-state index contributed by atoms with van der Waals surface area (Å²) in [5.41, 5.74) is 0. The predicted molar refractivity (Wildman–Crippen MR) is 90.4 cm³/mol. The molecule has 2 nitrogen and oxygen atoms in total. The van der Waals surface area contributed by atoms with Crippen LogP contribution in [0.25, 0.3) is 0 Å². The number of rotatable bonds is 5. The average molecular weight is 296 g/mol. The van der Waals surface area contributed by atoms with E-state index in [1.807, 2.05) is 0 Å².